The number of rotatable bonds is 9. The molecule has 0 aliphatic rings. The number of pyridine rings is 2. The van der Waals surface area contributed by atoms with Gasteiger partial charge in [-0.3, -0.25) is 9.18 Å². The van der Waals surface area contributed by atoms with Gasteiger partial charge in [0.2, 0.25) is 11.8 Å². The van der Waals surface area contributed by atoms with Crippen LogP contribution in [0.15, 0.2) is 30.6 Å². The van der Waals surface area contributed by atoms with Crippen molar-refractivity contribution in [3.63, 3.8) is 0 Å². The Morgan fingerprint density at radius 3 is 2.11 bits per heavy atom. The Bertz CT molecular complexity index is 678. The van der Waals surface area contributed by atoms with E-state index in [2.05, 4.69) is 9.97 Å². The first-order chi connectivity index (χ1) is 14.1. The highest BCUT2D eigenvalue weighted by Gasteiger charge is 2.05. The molecular weight excluding hydrogens is 375 g/mol. The highest BCUT2D eigenvalue weighted by molar-refractivity contribution is 5.79. The van der Waals surface area contributed by atoms with Crippen molar-refractivity contribution in [1.29, 1.82) is 0 Å². The number of hydrogen-bond acceptors (Lipinski definition) is 9. The lowest BCUT2D eigenvalue weighted by molar-refractivity contribution is 0.0501. The molecule has 0 saturated heterocycles. The number of carbonyl (C=O) groups excluding carboxylic acids is 1. The van der Waals surface area contributed by atoms with E-state index in [0.29, 0.717) is 35.1 Å². The Hall–Kier alpha value is -2.98. The molecule has 0 amide bonds. The molecule has 9 nitrogen and oxygen atoms in total. The van der Waals surface area contributed by atoms with E-state index in [0.717, 1.165) is 0 Å². The Balaban J connectivity index is 0.000000481. The summed E-state index contributed by atoms with van der Waals surface area (Å²) in [5.74, 6) is 1.98. The van der Waals surface area contributed by atoms with Gasteiger partial charge >= 0.3 is 0 Å². The number of ether oxygens (including phenoxy) is 6. The molecule has 0 aliphatic heterocycles. The van der Waals surface area contributed by atoms with Crippen LogP contribution in [0.3, 0.4) is 0 Å². The molecule has 2 rings (SSSR count). The Morgan fingerprint density at radius 2 is 1.61 bits per heavy atom. The van der Waals surface area contributed by atoms with Gasteiger partial charge in [-0.1, -0.05) is 0 Å². The SMILES string of the molecule is COCOc1ccc(OC)nc1.COCOc1cnc(OC)cc1C=O.[2H]CF. The maximum Gasteiger partial charge on any atom is 0.213 e. The third-order valence-electron chi connectivity index (χ3n) is 2.80. The zero-order valence-corrected chi connectivity index (χ0v) is 16.2. The van der Waals surface area contributed by atoms with Gasteiger partial charge in [0.15, 0.2) is 25.6 Å². The number of aldehydes is 1. The summed E-state index contributed by atoms with van der Waals surface area (Å²) in [5, 5.41) is 0. The Labute approximate surface area is 164 Å². The highest BCUT2D eigenvalue weighted by Crippen LogP contribution is 2.19. The van der Waals surface area contributed by atoms with Gasteiger partial charge in [0, 0.05) is 26.4 Å². The topological polar surface area (TPSA) is 98.2 Å². The highest BCUT2D eigenvalue weighted by atomic mass is 19.1. The van der Waals surface area contributed by atoms with Crippen molar-refractivity contribution in [2.24, 2.45) is 0 Å². The minimum Gasteiger partial charge on any atom is -0.481 e. The van der Waals surface area contributed by atoms with Gasteiger partial charge in [0.1, 0.15) is 5.75 Å². The van der Waals surface area contributed by atoms with E-state index in [-0.39, 0.29) is 13.6 Å². The van der Waals surface area contributed by atoms with E-state index in [4.69, 9.17) is 29.8 Å². The van der Waals surface area contributed by atoms with Gasteiger partial charge in [0.25, 0.3) is 0 Å². The molecule has 2 aromatic rings. The monoisotopic (exact) mass is 401 g/mol. The van der Waals surface area contributed by atoms with Crippen molar-refractivity contribution >= 4 is 6.29 Å². The smallest absolute Gasteiger partial charge is 0.213 e. The van der Waals surface area contributed by atoms with E-state index in [1.165, 1.54) is 26.5 Å². The van der Waals surface area contributed by atoms with Crippen molar-refractivity contribution in [1.82, 2.24) is 9.97 Å². The molecule has 0 aromatic carbocycles. The molecule has 0 aliphatic carbocycles. The number of nitrogens with zero attached hydrogens (tertiary/aromatic N) is 2. The van der Waals surface area contributed by atoms with Gasteiger partial charge in [-0.25, -0.2) is 9.97 Å². The van der Waals surface area contributed by atoms with Crippen LogP contribution in [0.5, 0.6) is 23.3 Å². The van der Waals surface area contributed by atoms with Crippen molar-refractivity contribution in [2.75, 3.05) is 49.2 Å². The zero-order chi connectivity index (χ0) is 21.9. The van der Waals surface area contributed by atoms with Crippen LogP contribution in [0.2, 0.25) is 0 Å². The molecule has 0 spiro atoms. The second kappa shape index (κ2) is 16.2. The molecule has 0 bridgehead atoms. The van der Waals surface area contributed by atoms with Gasteiger partial charge in [0.05, 0.1) is 40.7 Å². The average Bonchev–Trinajstić information content (AvgIpc) is 2.77. The number of halogens is 1. The lowest BCUT2D eigenvalue weighted by atomic mass is 10.3. The standard InChI is InChI=1S/C9H11NO4.C8H11NO3.CH3F/c1-12-6-14-8-4-10-9(13-2)3-7(8)5-11;1-10-6-12-7-3-4-8(11-2)9-5-7;1-2/h3-5H,6H2,1-2H3;3-5H,6H2,1-2H3;1H3/i;;1D. The molecule has 156 valence electrons. The molecule has 2 heterocycles. The molecule has 0 fully saturated rings. The van der Waals surface area contributed by atoms with Crippen molar-refractivity contribution in [2.45, 2.75) is 0 Å². The van der Waals surface area contributed by atoms with Gasteiger partial charge in [-0.2, -0.15) is 0 Å². The minimum absolute atomic E-state index is 0.0782. The first-order valence-electron chi connectivity index (χ1n) is 8.38. The fourth-order valence-electron chi connectivity index (χ4n) is 1.58. The van der Waals surface area contributed by atoms with Gasteiger partial charge < -0.3 is 28.4 Å². The van der Waals surface area contributed by atoms with Crippen LogP contribution in [0.1, 0.15) is 11.7 Å². The van der Waals surface area contributed by atoms with Crippen molar-refractivity contribution in [3.05, 3.63) is 36.2 Å². The molecular formula is C18H25FN2O7. The van der Waals surface area contributed by atoms with E-state index in [9.17, 15) is 9.18 Å². The second-order valence-corrected chi connectivity index (χ2v) is 4.52. The predicted molar refractivity (Wildman–Crippen MR) is 99.0 cm³/mol. The molecule has 0 atom stereocenters. The number of carbonyl (C=O) groups is 1. The summed E-state index contributed by atoms with van der Waals surface area (Å²) in [6.07, 6.45) is 3.68. The number of methoxy groups -OCH3 is 4. The molecule has 2 aromatic heterocycles. The predicted octanol–water partition coefficient (Wildman–Crippen LogP) is 2.54. The molecule has 0 saturated carbocycles. The van der Waals surface area contributed by atoms with Gasteiger partial charge in [-0.05, 0) is 6.07 Å². The van der Waals surface area contributed by atoms with Crippen molar-refractivity contribution in [3.8, 4) is 23.3 Å². The Kier molecular flexibility index (Phi) is 13.4. The summed E-state index contributed by atoms with van der Waals surface area (Å²) in [6, 6.07) is 4.99. The van der Waals surface area contributed by atoms with Crippen LogP contribution < -0.4 is 18.9 Å². The fourth-order valence-corrected chi connectivity index (χ4v) is 1.58. The van der Waals surface area contributed by atoms with Crippen LogP contribution in [-0.2, 0) is 9.47 Å². The molecule has 0 radical (unpaired) electrons. The summed E-state index contributed by atoms with van der Waals surface area (Å²) in [5.41, 5.74) is 0.383. The molecule has 28 heavy (non-hydrogen) atoms. The third-order valence-corrected chi connectivity index (χ3v) is 2.80. The van der Waals surface area contributed by atoms with Crippen molar-refractivity contribution < 1.29 is 39.0 Å². The molecule has 0 N–H and O–H groups in total. The first-order valence-corrected chi connectivity index (χ1v) is 7.67. The fraction of sp³-hybridized carbons (Fsp3) is 0.389. The third kappa shape index (κ3) is 9.64. The van der Waals surface area contributed by atoms with Crippen LogP contribution in [0, 0.1) is 0 Å². The summed E-state index contributed by atoms with van der Waals surface area (Å²) in [6.45, 7) is 0.308. The van der Waals surface area contributed by atoms with E-state index >= 15 is 0 Å². The first kappa shape index (κ1) is 23.1. The lowest BCUT2D eigenvalue weighted by Crippen LogP contribution is -2.02. The largest absolute Gasteiger partial charge is 0.481 e. The summed E-state index contributed by atoms with van der Waals surface area (Å²) >= 11 is 0. The summed E-state index contributed by atoms with van der Waals surface area (Å²) in [7, 11) is 5.11. The normalized spacial score (nSPS) is 9.54. The number of hydrogen-bond donors (Lipinski definition) is 0. The second-order valence-electron chi connectivity index (χ2n) is 4.52. The zero-order valence-electron chi connectivity index (χ0n) is 17.2. The molecule has 10 heteroatoms. The minimum atomic E-state index is -1.00. The van der Waals surface area contributed by atoms with E-state index < -0.39 is 7.15 Å². The number of alkyl halides is 1. The maximum atomic E-state index is 10.7. The van der Waals surface area contributed by atoms with Crippen LogP contribution in [-0.4, -0.2) is 65.4 Å². The maximum absolute atomic E-state index is 10.7. The average molecular weight is 401 g/mol. The quantitative estimate of drug-likeness (QED) is 0.464. The van der Waals surface area contributed by atoms with E-state index in [1.54, 1.807) is 32.5 Å². The summed E-state index contributed by atoms with van der Waals surface area (Å²) in [4.78, 5) is 18.5. The Morgan fingerprint density at radius 1 is 1.00 bits per heavy atom. The van der Waals surface area contributed by atoms with Crippen LogP contribution in [0.4, 0.5) is 4.39 Å². The number of aromatic nitrogens is 2. The lowest BCUT2D eigenvalue weighted by Gasteiger charge is -2.07. The summed E-state index contributed by atoms with van der Waals surface area (Å²) < 4.78 is 44.9. The van der Waals surface area contributed by atoms with Gasteiger partial charge in [-0.15, -0.1) is 0 Å². The van der Waals surface area contributed by atoms with E-state index in [1.807, 2.05) is 0 Å². The molecule has 0 unspecified atom stereocenters. The van der Waals surface area contributed by atoms with Crippen LogP contribution >= 0.6 is 0 Å². The van der Waals surface area contributed by atoms with Crippen LogP contribution in [0.25, 0.3) is 0 Å².